The van der Waals surface area contributed by atoms with Gasteiger partial charge in [-0.15, -0.1) is 0 Å². The third kappa shape index (κ3) is 4.42. The largest absolute Gasteiger partial charge is 0.504 e. The fourth-order valence-electron chi connectivity index (χ4n) is 3.22. The Hall–Kier alpha value is -4.08. The molecule has 162 valence electrons. The Balaban J connectivity index is 2.29. The van der Waals surface area contributed by atoms with Crippen LogP contribution in [0, 0.1) is 10.1 Å². The second-order valence-electron chi connectivity index (χ2n) is 6.98. The van der Waals surface area contributed by atoms with Crippen LogP contribution < -0.4 is 15.4 Å². The van der Waals surface area contributed by atoms with Gasteiger partial charge < -0.3 is 25.2 Å². The van der Waals surface area contributed by atoms with Gasteiger partial charge in [0, 0.05) is 11.6 Å². The summed E-state index contributed by atoms with van der Waals surface area (Å²) in [5, 5.41) is 27.2. The number of phenols is 1. The molecule has 2 aromatic rings. The molecule has 0 saturated carbocycles. The molecule has 1 aliphatic heterocycles. The van der Waals surface area contributed by atoms with Crippen molar-refractivity contribution in [3.05, 3.63) is 69.3 Å². The van der Waals surface area contributed by atoms with Crippen molar-refractivity contribution >= 4 is 23.4 Å². The average molecular weight is 427 g/mol. The quantitative estimate of drug-likeness (QED) is 0.366. The molecule has 3 rings (SSSR count). The SMILES string of the molecule is COc1cc([N+](=O)[O-])cc(C2NC(=O)NC(c3ccccc3)=C2C(=O)OC(C)C)c1O. The first-order chi connectivity index (χ1) is 14.7. The first-order valence-corrected chi connectivity index (χ1v) is 9.36. The van der Waals surface area contributed by atoms with E-state index in [1.165, 1.54) is 7.11 Å². The number of methoxy groups -OCH3 is 1. The molecular formula is C21H21N3O7. The Labute approximate surface area is 177 Å². The second-order valence-corrected chi connectivity index (χ2v) is 6.98. The molecule has 10 heteroatoms. The molecule has 2 amide bonds. The predicted octanol–water partition coefficient (Wildman–Crippen LogP) is 3.03. The lowest BCUT2D eigenvalue weighted by molar-refractivity contribution is -0.385. The van der Waals surface area contributed by atoms with Gasteiger partial charge in [0.25, 0.3) is 5.69 Å². The molecule has 10 nitrogen and oxygen atoms in total. The van der Waals surface area contributed by atoms with Crippen LogP contribution >= 0.6 is 0 Å². The maximum absolute atomic E-state index is 13.0. The molecule has 0 saturated heterocycles. The Morgan fingerprint density at radius 1 is 1.23 bits per heavy atom. The number of urea groups is 1. The molecule has 1 heterocycles. The van der Waals surface area contributed by atoms with E-state index in [1.807, 2.05) is 0 Å². The summed E-state index contributed by atoms with van der Waals surface area (Å²) in [6.45, 7) is 3.33. The molecule has 31 heavy (non-hydrogen) atoms. The van der Waals surface area contributed by atoms with Crippen molar-refractivity contribution in [3.63, 3.8) is 0 Å². The number of nitro benzene ring substituents is 1. The minimum atomic E-state index is -1.23. The summed E-state index contributed by atoms with van der Waals surface area (Å²) in [6, 6.07) is 8.85. The summed E-state index contributed by atoms with van der Waals surface area (Å²) in [4.78, 5) is 36.2. The Morgan fingerprint density at radius 3 is 2.48 bits per heavy atom. The lowest BCUT2D eigenvalue weighted by atomic mass is 9.91. The molecule has 0 bridgehead atoms. The van der Waals surface area contributed by atoms with E-state index in [1.54, 1.807) is 44.2 Å². The maximum Gasteiger partial charge on any atom is 0.338 e. The van der Waals surface area contributed by atoms with E-state index < -0.39 is 34.8 Å². The normalized spacial score (nSPS) is 15.9. The zero-order valence-electron chi connectivity index (χ0n) is 17.0. The van der Waals surface area contributed by atoms with E-state index in [0.717, 1.165) is 12.1 Å². The van der Waals surface area contributed by atoms with Gasteiger partial charge in [-0.2, -0.15) is 0 Å². The summed E-state index contributed by atoms with van der Waals surface area (Å²) in [5.74, 6) is -1.37. The van der Waals surface area contributed by atoms with E-state index in [-0.39, 0.29) is 28.3 Å². The van der Waals surface area contributed by atoms with Crippen LogP contribution in [-0.2, 0) is 9.53 Å². The van der Waals surface area contributed by atoms with E-state index >= 15 is 0 Å². The number of ether oxygens (including phenoxy) is 2. The Morgan fingerprint density at radius 2 is 1.90 bits per heavy atom. The highest BCUT2D eigenvalue weighted by Gasteiger charge is 2.37. The number of nitro groups is 1. The number of nitrogens with one attached hydrogen (secondary N) is 2. The van der Waals surface area contributed by atoms with Gasteiger partial charge in [0.05, 0.1) is 41.5 Å². The molecule has 3 N–H and O–H groups in total. The molecule has 0 radical (unpaired) electrons. The van der Waals surface area contributed by atoms with Crippen LogP contribution in [0.15, 0.2) is 48.0 Å². The molecule has 1 aliphatic rings. The van der Waals surface area contributed by atoms with E-state index in [4.69, 9.17) is 9.47 Å². The lowest BCUT2D eigenvalue weighted by Gasteiger charge is -2.30. The van der Waals surface area contributed by atoms with E-state index in [9.17, 15) is 24.8 Å². The van der Waals surface area contributed by atoms with Gasteiger partial charge in [-0.3, -0.25) is 10.1 Å². The Bertz CT molecular complexity index is 1060. The standard InChI is InChI=1S/C21H21N3O7/c1-11(2)31-20(26)16-17(12-7-5-4-6-8-12)22-21(27)23-18(16)14-9-13(24(28)29)10-15(30-3)19(14)25/h4-11,18,25H,1-3H3,(H2,22,23,27). The van der Waals surface area contributed by atoms with Gasteiger partial charge in [0.1, 0.15) is 0 Å². The van der Waals surface area contributed by atoms with Gasteiger partial charge in [-0.25, -0.2) is 9.59 Å². The fourth-order valence-corrected chi connectivity index (χ4v) is 3.22. The third-order valence-corrected chi connectivity index (χ3v) is 4.53. The van der Waals surface area contributed by atoms with Crippen LogP contribution in [0.5, 0.6) is 11.5 Å². The molecular weight excluding hydrogens is 406 g/mol. The number of esters is 1. The van der Waals surface area contributed by atoms with Crippen LogP contribution in [0.1, 0.15) is 31.0 Å². The number of carbonyl (C=O) groups is 2. The maximum atomic E-state index is 13.0. The van der Waals surface area contributed by atoms with Crippen molar-refractivity contribution in [1.82, 2.24) is 10.6 Å². The molecule has 0 spiro atoms. The van der Waals surface area contributed by atoms with Gasteiger partial charge in [0.2, 0.25) is 0 Å². The number of phenolic OH excluding ortho intramolecular Hbond substituents is 1. The van der Waals surface area contributed by atoms with Crippen molar-refractivity contribution < 1.29 is 29.1 Å². The molecule has 1 atom stereocenters. The van der Waals surface area contributed by atoms with Crippen LogP contribution in [0.2, 0.25) is 0 Å². The highest BCUT2D eigenvalue weighted by molar-refractivity contribution is 6.04. The van der Waals surface area contributed by atoms with Crippen LogP contribution in [0.3, 0.4) is 0 Å². The van der Waals surface area contributed by atoms with Crippen LogP contribution in [-0.4, -0.2) is 35.2 Å². The van der Waals surface area contributed by atoms with E-state index in [0.29, 0.717) is 5.56 Å². The minimum Gasteiger partial charge on any atom is -0.504 e. The van der Waals surface area contributed by atoms with Crippen LogP contribution in [0.4, 0.5) is 10.5 Å². The fraction of sp³-hybridized carbons (Fsp3) is 0.238. The van der Waals surface area contributed by atoms with Gasteiger partial charge in [0.15, 0.2) is 11.5 Å². The lowest BCUT2D eigenvalue weighted by Crippen LogP contribution is -2.45. The van der Waals surface area contributed by atoms with Gasteiger partial charge >= 0.3 is 12.0 Å². The predicted molar refractivity (Wildman–Crippen MR) is 110 cm³/mol. The molecule has 1 unspecified atom stereocenters. The Kier molecular flexibility index (Phi) is 6.10. The smallest absolute Gasteiger partial charge is 0.338 e. The summed E-state index contributed by atoms with van der Waals surface area (Å²) >= 11 is 0. The minimum absolute atomic E-state index is 0.0163. The number of benzene rings is 2. The first kappa shape index (κ1) is 21.6. The van der Waals surface area contributed by atoms with Crippen molar-refractivity contribution in [3.8, 4) is 11.5 Å². The average Bonchev–Trinajstić information content (AvgIpc) is 2.73. The van der Waals surface area contributed by atoms with Gasteiger partial charge in [-0.1, -0.05) is 30.3 Å². The number of non-ortho nitro benzene ring substituents is 1. The van der Waals surface area contributed by atoms with Crippen molar-refractivity contribution in [2.45, 2.75) is 26.0 Å². The van der Waals surface area contributed by atoms with Crippen LogP contribution in [0.25, 0.3) is 5.70 Å². The first-order valence-electron chi connectivity index (χ1n) is 9.36. The van der Waals surface area contributed by atoms with E-state index in [2.05, 4.69) is 10.6 Å². The third-order valence-electron chi connectivity index (χ3n) is 4.53. The zero-order valence-corrected chi connectivity index (χ0v) is 17.0. The van der Waals surface area contributed by atoms with Crippen molar-refractivity contribution in [1.29, 1.82) is 0 Å². The molecule has 0 aliphatic carbocycles. The summed E-state index contributed by atoms with van der Waals surface area (Å²) in [6.07, 6.45) is -0.469. The summed E-state index contributed by atoms with van der Waals surface area (Å²) in [7, 11) is 1.24. The second kappa shape index (κ2) is 8.74. The number of carbonyl (C=O) groups excluding carboxylic acids is 2. The molecule has 0 fully saturated rings. The molecule has 0 aromatic heterocycles. The number of nitrogens with zero attached hydrogens (tertiary/aromatic N) is 1. The number of hydrogen-bond donors (Lipinski definition) is 3. The zero-order chi connectivity index (χ0) is 22.7. The summed E-state index contributed by atoms with van der Waals surface area (Å²) in [5.41, 5.74) is 0.220. The van der Waals surface area contributed by atoms with Crippen molar-refractivity contribution in [2.24, 2.45) is 0 Å². The highest BCUT2D eigenvalue weighted by Crippen LogP contribution is 2.42. The number of aromatic hydroxyl groups is 1. The molecule has 2 aromatic carbocycles. The number of hydrogen-bond acceptors (Lipinski definition) is 7. The van der Waals surface area contributed by atoms with Crippen molar-refractivity contribution in [2.75, 3.05) is 7.11 Å². The van der Waals surface area contributed by atoms with Gasteiger partial charge in [-0.05, 0) is 19.4 Å². The monoisotopic (exact) mass is 427 g/mol. The number of amides is 2. The number of rotatable bonds is 6. The summed E-state index contributed by atoms with van der Waals surface area (Å²) < 4.78 is 10.4. The highest BCUT2D eigenvalue weighted by atomic mass is 16.6. The topological polar surface area (TPSA) is 140 Å².